The van der Waals surface area contributed by atoms with E-state index in [1.54, 1.807) is 42.7 Å². The first-order chi connectivity index (χ1) is 31.5. The minimum Gasteiger partial charge on any atom is -0.481 e. The molecule has 0 aromatic heterocycles. The van der Waals surface area contributed by atoms with Gasteiger partial charge in [-0.2, -0.15) is 0 Å². The van der Waals surface area contributed by atoms with Crippen molar-refractivity contribution in [2.24, 2.45) is 29.6 Å². The van der Waals surface area contributed by atoms with Crippen molar-refractivity contribution in [3.8, 4) is 0 Å². The molecule has 0 heterocycles. The van der Waals surface area contributed by atoms with E-state index < -0.39 is 11.9 Å². The number of rotatable bonds is 10. The highest BCUT2D eigenvalue weighted by molar-refractivity contribution is 5.73. The van der Waals surface area contributed by atoms with Crippen LogP contribution in [0, 0.1) is 29.6 Å². The van der Waals surface area contributed by atoms with Crippen molar-refractivity contribution in [2.45, 2.75) is 127 Å². The Hall–Kier alpha value is -3.05. The first kappa shape index (κ1) is 71.9. The highest BCUT2D eigenvalue weighted by Gasteiger charge is 2.32. The molecule has 0 amide bonds. The second-order valence-corrected chi connectivity index (χ2v) is 15.9. The van der Waals surface area contributed by atoms with Crippen LogP contribution in [0.3, 0.4) is 0 Å². The van der Waals surface area contributed by atoms with E-state index in [4.69, 9.17) is 20.4 Å². The average molecular weight is 960 g/mol. The van der Waals surface area contributed by atoms with Gasteiger partial charge in [0.15, 0.2) is 0 Å². The molecule has 0 aliphatic heterocycles. The molecular weight excluding hydrogens is 863 g/mol. The molecule has 0 bridgehead atoms. The zero-order valence-corrected chi connectivity index (χ0v) is 43.7. The molecule has 10 atom stereocenters. The predicted octanol–water partition coefficient (Wildman–Crippen LogP) is 2.57. The van der Waals surface area contributed by atoms with Crippen LogP contribution in [0.1, 0.15) is 96.3 Å². The maximum Gasteiger partial charge on any atom is 0.308 e. The number of carbonyl (C=O) groups is 5. The largest absolute Gasteiger partial charge is 0.481 e. The van der Waals surface area contributed by atoms with Gasteiger partial charge in [-0.05, 0) is 132 Å². The summed E-state index contributed by atoms with van der Waals surface area (Å²) in [5.41, 5.74) is 0. The molecule has 5 rings (SSSR count). The summed E-state index contributed by atoms with van der Waals surface area (Å²) in [7, 11) is 25.7. The highest BCUT2D eigenvalue weighted by Crippen LogP contribution is 2.28. The van der Waals surface area contributed by atoms with Gasteiger partial charge in [0.1, 0.15) is 0 Å². The van der Waals surface area contributed by atoms with E-state index in [0.29, 0.717) is 30.2 Å². The van der Waals surface area contributed by atoms with E-state index in [1.807, 2.05) is 35.2 Å². The SMILES string of the molecule is CNC1CCC(C(=O)O)C1.CNC1CCC(C(=O)O)C1.CNC1CCC(C(=O)OC)C1.CNC1CCC(C(=O)OC)C1.CNC1CCC(C(=O)OC)C1.CO.CO.COC.COC.COC. The number of hydrogen-bond donors (Lipinski definition) is 9. The van der Waals surface area contributed by atoms with E-state index in [2.05, 4.69) is 55.0 Å². The molecule has 10 unspecified atom stereocenters. The van der Waals surface area contributed by atoms with Gasteiger partial charge in [-0.1, -0.05) is 0 Å². The second kappa shape index (κ2) is 49.8. The average Bonchev–Trinajstić information content (AvgIpc) is 4.21. The minimum atomic E-state index is -0.641. The van der Waals surface area contributed by atoms with Gasteiger partial charge in [0.25, 0.3) is 0 Å². The molecule has 5 fully saturated rings. The van der Waals surface area contributed by atoms with Crippen LogP contribution < -0.4 is 26.6 Å². The summed E-state index contributed by atoms with van der Waals surface area (Å²) in [6, 6.07) is 2.40. The van der Waals surface area contributed by atoms with E-state index >= 15 is 0 Å². The molecule has 5 aliphatic rings. The Bertz CT molecular complexity index is 1040. The molecule has 20 nitrogen and oxygen atoms in total. The molecule has 0 saturated heterocycles. The van der Waals surface area contributed by atoms with Crippen LogP contribution in [0.25, 0.3) is 0 Å². The lowest BCUT2D eigenvalue weighted by molar-refractivity contribution is -0.146. The molecule has 0 aromatic carbocycles. The normalized spacial score (nSPS) is 26.0. The van der Waals surface area contributed by atoms with Crippen LogP contribution in [-0.4, -0.2) is 194 Å². The van der Waals surface area contributed by atoms with Crippen LogP contribution >= 0.6 is 0 Å². The van der Waals surface area contributed by atoms with Crippen molar-refractivity contribution in [3.63, 3.8) is 0 Å². The summed E-state index contributed by atoms with van der Waals surface area (Å²) in [5.74, 6) is -1.23. The van der Waals surface area contributed by atoms with E-state index in [9.17, 15) is 24.0 Å². The smallest absolute Gasteiger partial charge is 0.308 e. The number of carboxylic acids is 2. The van der Waals surface area contributed by atoms with Crippen LogP contribution in [-0.2, 0) is 52.4 Å². The maximum atomic E-state index is 11.0. The number of methoxy groups -OCH3 is 6. The molecule has 396 valence electrons. The number of carbonyl (C=O) groups excluding carboxylic acids is 3. The molecular formula is C46H97N5O15. The lowest BCUT2D eigenvalue weighted by Gasteiger charge is -2.07. The zero-order chi connectivity index (χ0) is 52.0. The summed E-state index contributed by atoms with van der Waals surface area (Å²) in [6.07, 6.45) is 14.3. The van der Waals surface area contributed by atoms with Gasteiger partial charge in [-0.15, -0.1) is 0 Å². The van der Waals surface area contributed by atoms with Crippen molar-refractivity contribution >= 4 is 29.8 Å². The highest BCUT2D eigenvalue weighted by atomic mass is 16.5. The number of carboxylic acid groups (broad SMARTS) is 2. The van der Waals surface area contributed by atoms with Gasteiger partial charge in [0.05, 0.1) is 50.9 Å². The molecule has 5 aliphatic carbocycles. The number of aliphatic carboxylic acids is 2. The second-order valence-electron chi connectivity index (χ2n) is 15.9. The Labute approximate surface area is 398 Å². The van der Waals surface area contributed by atoms with Crippen LogP contribution in [0.5, 0.6) is 0 Å². The molecule has 0 spiro atoms. The lowest BCUT2D eigenvalue weighted by atomic mass is 10.1. The first-order valence-electron chi connectivity index (χ1n) is 22.7. The molecule has 0 radical (unpaired) electrons. The van der Waals surface area contributed by atoms with Gasteiger partial charge in [0, 0.05) is 87.1 Å². The number of aliphatic hydroxyl groups excluding tert-OH is 2. The zero-order valence-electron chi connectivity index (χ0n) is 43.7. The lowest BCUT2D eigenvalue weighted by Crippen LogP contribution is -2.23. The monoisotopic (exact) mass is 960 g/mol. The topological polar surface area (TPSA) is 282 Å². The van der Waals surface area contributed by atoms with Gasteiger partial charge < -0.3 is 75.4 Å². The Morgan fingerprint density at radius 1 is 0.333 bits per heavy atom. The van der Waals surface area contributed by atoms with Gasteiger partial charge in [0.2, 0.25) is 0 Å². The fourth-order valence-electron chi connectivity index (χ4n) is 7.81. The fraction of sp³-hybridized carbons (Fsp3) is 0.891. The molecule has 66 heavy (non-hydrogen) atoms. The van der Waals surface area contributed by atoms with Crippen molar-refractivity contribution in [1.82, 2.24) is 26.6 Å². The van der Waals surface area contributed by atoms with E-state index in [-0.39, 0.29) is 47.5 Å². The Morgan fingerprint density at radius 2 is 0.485 bits per heavy atom. The summed E-state index contributed by atoms with van der Waals surface area (Å²) >= 11 is 0. The van der Waals surface area contributed by atoms with Crippen LogP contribution in [0.4, 0.5) is 0 Å². The summed E-state index contributed by atoms with van der Waals surface area (Å²) in [6.45, 7) is 0. The van der Waals surface area contributed by atoms with Gasteiger partial charge in [-0.25, -0.2) is 0 Å². The third kappa shape index (κ3) is 36.1. The number of nitrogens with one attached hydrogen (secondary N) is 5. The Balaban J connectivity index is -0.000000220. The summed E-state index contributed by atoms with van der Waals surface area (Å²) < 4.78 is 26.7. The molecule has 0 aromatic rings. The summed E-state index contributed by atoms with van der Waals surface area (Å²) in [4.78, 5) is 53.9. The molecule has 5 saturated carbocycles. The predicted molar refractivity (Wildman–Crippen MR) is 257 cm³/mol. The standard InChI is InChI=1S/3C8H15NO2.2C7H13NO2.3C2H6O.2CH4O/c3*1-9-7-4-3-6(5-7)8(10)11-2;2*1-8-6-3-2-5(4-6)7(9)10;3*1-3-2;2*1-2/h3*6-7,9H,3-5H2,1-2H3;2*5-6,8H,2-4H2,1H3,(H,9,10);3*1-2H3;2*2H,1H3. The third-order valence-corrected chi connectivity index (χ3v) is 11.5. The van der Waals surface area contributed by atoms with Crippen LogP contribution in [0.2, 0.25) is 0 Å². The van der Waals surface area contributed by atoms with Crippen molar-refractivity contribution in [3.05, 3.63) is 0 Å². The number of hydrogen-bond acceptors (Lipinski definition) is 18. The minimum absolute atomic E-state index is 0.0530. The molecule has 9 N–H and O–H groups in total. The Morgan fingerprint density at radius 3 is 0.591 bits per heavy atom. The Kier molecular flexibility index (Phi) is 54.3. The third-order valence-electron chi connectivity index (χ3n) is 11.5. The van der Waals surface area contributed by atoms with Crippen molar-refractivity contribution in [2.75, 3.05) is 113 Å². The summed E-state index contributed by atoms with van der Waals surface area (Å²) in [5, 5.41) is 46.9. The maximum absolute atomic E-state index is 11.0. The van der Waals surface area contributed by atoms with Crippen molar-refractivity contribution in [1.29, 1.82) is 0 Å². The van der Waals surface area contributed by atoms with Gasteiger partial charge >= 0.3 is 29.8 Å². The quantitative estimate of drug-likeness (QED) is 0.112. The van der Waals surface area contributed by atoms with Crippen LogP contribution in [0.15, 0.2) is 0 Å². The van der Waals surface area contributed by atoms with E-state index in [1.165, 1.54) is 21.3 Å². The first-order valence-corrected chi connectivity index (χ1v) is 22.7. The van der Waals surface area contributed by atoms with E-state index in [0.717, 1.165) is 111 Å². The number of esters is 3. The molecule has 20 heteroatoms. The van der Waals surface area contributed by atoms with Gasteiger partial charge in [-0.3, -0.25) is 24.0 Å². The number of aliphatic hydroxyl groups is 2. The number of ether oxygens (including phenoxy) is 6. The fourth-order valence-corrected chi connectivity index (χ4v) is 7.81. The van der Waals surface area contributed by atoms with Crippen molar-refractivity contribution < 1.29 is 72.8 Å².